The van der Waals surface area contributed by atoms with Gasteiger partial charge in [0.2, 0.25) is 0 Å². The highest BCUT2D eigenvalue weighted by Gasteiger charge is 2.15. The van der Waals surface area contributed by atoms with Crippen molar-refractivity contribution in [3.05, 3.63) is 11.6 Å². The molecule has 0 aliphatic carbocycles. The lowest BCUT2D eigenvalue weighted by Gasteiger charge is -2.19. The van der Waals surface area contributed by atoms with E-state index in [4.69, 9.17) is 4.74 Å². The van der Waals surface area contributed by atoms with E-state index in [0.717, 1.165) is 19.6 Å². The van der Waals surface area contributed by atoms with Crippen LogP contribution in [0.1, 0.15) is 26.7 Å². The molecule has 0 saturated carbocycles. The molecule has 1 heterocycles. The highest BCUT2D eigenvalue weighted by molar-refractivity contribution is 4.95. The number of hydrogen-bond acceptors (Lipinski definition) is 3. The zero-order valence-corrected chi connectivity index (χ0v) is 9.91. The molecule has 1 N–H and O–H groups in total. The number of nitrogens with zero attached hydrogens (tertiary/aromatic N) is 1. The average Bonchev–Trinajstić information content (AvgIpc) is 2.70. The highest BCUT2D eigenvalue weighted by atomic mass is 16.5. The number of ether oxygens (including phenoxy) is 1. The monoisotopic (exact) mass is 213 g/mol. The van der Waals surface area contributed by atoms with Gasteiger partial charge < -0.3 is 14.7 Å². The van der Waals surface area contributed by atoms with E-state index < -0.39 is 0 Å². The minimum Gasteiger partial charge on any atom is -0.389 e. The molecule has 1 unspecified atom stereocenters. The first-order valence-electron chi connectivity index (χ1n) is 5.82. The van der Waals surface area contributed by atoms with Gasteiger partial charge in [0.25, 0.3) is 0 Å². The fourth-order valence-corrected chi connectivity index (χ4v) is 1.76. The van der Waals surface area contributed by atoms with Crippen LogP contribution in [0.15, 0.2) is 11.6 Å². The normalized spacial score (nSPS) is 20.9. The summed E-state index contributed by atoms with van der Waals surface area (Å²) in [5.41, 5.74) is 1.21. The first-order chi connectivity index (χ1) is 7.22. The van der Waals surface area contributed by atoms with Crippen LogP contribution in [0.25, 0.3) is 0 Å². The van der Waals surface area contributed by atoms with Gasteiger partial charge in [0.1, 0.15) is 0 Å². The second-order valence-corrected chi connectivity index (χ2v) is 4.31. The molecule has 0 aromatic carbocycles. The van der Waals surface area contributed by atoms with E-state index in [0.29, 0.717) is 13.2 Å². The second kappa shape index (κ2) is 6.99. The zero-order valence-electron chi connectivity index (χ0n) is 9.91. The molecule has 0 aromatic rings. The summed E-state index contributed by atoms with van der Waals surface area (Å²) in [6.45, 7) is 8.13. The van der Waals surface area contributed by atoms with Crippen LogP contribution in [-0.4, -0.2) is 49.0 Å². The highest BCUT2D eigenvalue weighted by Crippen LogP contribution is 2.07. The van der Waals surface area contributed by atoms with Gasteiger partial charge in [-0.1, -0.05) is 11.6 Å². The van der Waals surface area contributed by atoms with E-state index in [9.17, 15) is 5.11 Å². The predicted molar refractivity (Wildman–Crippen MR) is 61.9 cm³/mol. The lowest BCUT2D eigenvalue weighted by molar-refractivity contribution is 0.0285. The van der Waals surface area contributed by atoms with Gasteiger partial charge in [-0.15, -0.1) is 0 Å². The van der Waals surface area contributed by atoms with Crippen molar-refractivity contribution >= 4 is 0 Å². The Morgan fingerprint density at radius 3 is 2.73 bits per heavy atom. The molecular formula is C12H23NO2. The largest absolute Gasteiger partial charge is 0.389 e. The van der Waals surface area contributed by atoms with Gasteiger partial charge in [0.15, 0.2) is 0 Å². The zero-order chi connectivity index (χ0) is 11.1. The number of likely N-dealkylation sites (tertiary alicyclic amines) is 1. The molecule has 1 aliphatic heterocycles. The summed E-state index contributed by atoms with van der Waals surface area (Å²) in [6.07, 6.45) is 4.23. The molecule has 0 aromatic heterocycles. The fraction of sp³-hybridized carbons (Fsp3) is 0.833. The van der Waals surface area contributed by atoms with E-state index in [1.165, 1.54) is 18.4 Å². The summed E-state index contributed by atoms with van der Waals surface area (Å²) in [5.74, 6) is 0. The van der Waals surface area contributed by atoms with Crippen molar-refractivity contribution in [2.75, 3.05) is 32.8 Å². The molecular weight excluding hydrogens is 190 g/mol. The van der Waals surface area contributed by atoms with Gasteiger partial charge in [-0.3, -0.25) is 0 Å². The van der Waals surface area contributed by atoms with E-state index in [1.807, 2.05) is 19.9 Å². The van der Waals surface area contributed by atoms with Crippen LogP contribution in [-0.2, 0) is 4.74 Å². The quantitative estimate of drug-likeness (QED) is 0.677. The lowest BCUT2D eigenvalue weighted by atomic mass is 10.3. The predicted octanol–water partition coefficient (Wildman–Crippen LogP) is 1.43. The molecule has 3 heteroatoms. The number of rotatable bonds is 6. The molecule has 1 fully saturated rings. The van der Waals surface area contributed by atoms with Crippen LogP contribution < -0.4 is 0 Å². The molecule has 0 amide bonds. The van der Waals surface area contributed by atoms with Crippen LogP contribution in [0.3, 0.4) is 0 Å². The van der Waals surface area contributed by atoms with E-state index >= 15 is 0 Å². The number of aliphatic hydroxyl groups excluding tert-OH is 1. The maximum absolute atomic E-state index is 9.71. The number of β-amino-alcohol motifs (C(OH)–C–C–N with tert-alkyl or cyclic N) is 1. The molecule has 1 aliphatic rings. The molecule has 15 heavy (non-hydrogen) atoms. The van der Waals surface area contributed by atoms with Gasteiger partial charge in [0.05, 0.1) is 19.3 Å². The molecule has 0 bridgehead atoms. The third-order valence-electron chi connectivity index (χ3n) is 2.80. The summed E-state index contributed by atoms with van der Waals surface area (Å²) >= 11 is 0. The third-order valence-corrected chi connectivity index (χ3v) is 2.80. The van der Waals surface area contributed by atoms with Crippen molar-refractivity contribution in [2.45, 2.75) is 32.8 Å². The standard InChI is InChI=1S/C12H23NO2/c1-3-11(2)9-15-10-12(14)8-13-6-4-5-7-13/h3,12,14H,4-10H2,1-2H3. The maximum Gasteiger partial charge on any atom is 0.0900 e. The second-order valence-electron chi connectivity index (χ2n) is 4.31. The molecule has 0 radical (unpaired) electrons. The molecule has 1 atom stereocenters. The van der Waals surface area contributed by atoms with Crippen LogP contribution in [0.5, 0.6) is 0 Å². The Kier molecular flexibility index (Phi) is 5.91. The van der Waals surface area contributed by atoms with Gasteiger partial charge >= 0.3 is 0 Å². The summed E-state index contributed by atoms with van der Waals surface area (Å²) in [7, 11) is 0. The van der Waals surface area contributed by atoms with E-state index in [1.54, 1.807) is 0 Å². The smallest absolute Gasteiger partial charge is 0.0900 e. The van der Waals surface area contributed by atoms with E-state index in [2.05, 4.69) is 4.90 Å². The minimum atomic E-state index is -0.340. The third kappa shape index (κ3) is 5.30. The van der Waals surface area contributed by atoms with Crippen molar-refractivity contribution < 1.29 is 9.84 Å². The van der Waals surface area contributed by atoms with Crippen molar-refractivity contribution in [3.8, 4) is 0 Å². The summed E-state index contributed by atoms with van der Waals surface area (Å²) in [6, 6.07) is 0. The Bertz CT molecular complexity index is 198. The molecule has 0 spiro atoms. The molecule has 1 rings (SSSR count). The van der Waals surface area contributed by atoms with Crippen LogP contribution in [0.4, 0.5) is 0 Å². The van der Waals surface area contributed by atoms with Gasteiger partial charge in [-0.25, -0.2) is 0 Å². The van der Waals surface area contributed by atoms with Crippen LogP contribution in [0.2, 0.25) is 0 Å². The van der Waals surface area contributed by atoms with Gasteiger partial charge in [0, 0.05) is 6.54 Å². The van der Waals surface area contributed by atoms with Gasteiger partial charge in [-0.05, 0) is 39.8 Å². The van der Waals surface area contributed by atoms with Crippen LogP contribution >= 0.6 is 0 Å². The number of hydrogen-bond donors (Lipinski definition) is 1. The minimum absolute atomic E-state index is 0.340. The summed E-state index contributed by atoms with van der Waals surface area (Å²) < 4.78 is 5.41. The average molecular weight is 213 g/mol. The Labute approximate surface area is 92.7 Å². The van der Waals surface area contributed by atoms with Crippen molar-refractivity contribution in [1.82, 2.24) is 4.90 Å². The Hall–Kier alpha value is -0.380. The lowest BCUT2D eigenvalue weighted by Crippen LogP contribution is -2.33. The van der Waals surface area contributed by atoms with Crippen molar-refractivity contribution in [3.63, 3.8) is 0 Å². The SMILES string of the molecule is CC=C(C)COCC(O)CN1CCCC1. The molecule has 1 saturated heterocycles. The van der Waals surface area contributed by atoms with E-state index in [-0.39, 0.29) is 6.10 Å². The Morgan fingerprint density at radius 1 is 1.47 bits per heavy atom. The topological polar surface area (TPSA) is 32.7 Å². The fourth-order valence-electron chi connectivity index (χ4n) is 1.76. The first kappa shape index (κ1) is 12.7. The summed E-state index contributed by atoms with van der Waals surface area (Å²) in [4.78, 5) is 2.30. The Balaban J connectivity index is 2.05. The first-order valence-corrected chi connectivity index (χ1v) is 5.82. The van der Waals surface area contributed by atoms with Crippen molar-refractivity contribution in [1.29, 1.82) is 0 Å². The van der Waals surface area contributed by atoms with Gasteiger partial charge in [-0.2, -0.15) is 0 Å². The molecule has 3 nitrogen and oxygen atoms in total. The number of allylic oxidation sites excluding steroid dienone is 1. The summed E-state index contributed by atoms with van der Waals surface area (Å²) in [5, 5.41) is 9.71. The molecule has 88 valence electrons. The maximum atomic E-state index is 9.71. The van der Waals surface area contributed by atoms with Crippen molar-refractivity contribution in [2.24, 2.45) is 0 Å². The van der Waals surface area contributed by atoms with Crippen LogP contribution in [0, 0.1) is 0 Å². The number of aliphatic hydroxyl groups is 1. The Morgan fingerprint density at radius 2 is 2.13 bits per heavy atom.